The van der Waals surface area contributed by atoms with E-state index in [1.165, 1.54) is 31.4 Å². The van der Waals surface area contributed by atoms with Crippen LogP contribution >= 0.6 is 0 Å². The highest BCUT2D eigenvalue weighted by Gasteiger charge is 2.25. The van der Waals surface area contributed by atoms with Gasteiger partial charge in [-0.05, 0) is 37.1 Å². The smallest absolute Gasteiger partial charge is 0.255 e. The van der Waals surface area contributed by atoms with Gasteiger partial charge in [0.2, 0.25) is 0 Å². The van der Waals surface area contributed by atoms with Gasteiger partial charge in [-0.1, -0.05) is 25.0 Å². The minimum Gasteiger partial charge on any atom is -0.496 e. The van der Waals surface area contributed by atoms with Crippen LogP contribution in [-0.4, -0.2) is 22.8 Å². The van der Waals surface area contributed by atoms with Crippen molar-refractivity contribution >= 4 is 11.7 Å². The number of nitrogens with one attached hydrogen (secondary N) is 1. The molecule has 0 saturated heterocycles. The SMILES string of the molecule is COc1ccc(F)cc1C(=O)NCc1ccc(-c2nn(C3CCCC3)c(N)c2C#N)cc1F. The van der Waals surface area contributed by atoms with Crippen molar-refractivity contribution in [2.45, 2.75) is 38.3 Å². The molecule has 0 unspecified atom stereocenters. The van der Waals surface area contributed by atoms with E-state index in [-0.39, 0.29) is 35.0 Å². The molecule has 9 heteroatoms. The van der Waals surface area contributed by atoms with Gasteiger partial charge < -0.3 is 15.8 Å². The number of amides is 1. The second-order valence-corrected chi connectivity index (χ2v) is 7.94. The first kappa shape index (κ1) is 22.3. The summed E-state index contributed by atoms with van der Waals surface area (Å²) in [6.45, 7) is -0.117. The fraction of sp³-hybridized carbons (Fsp3) is 0.292. The fourth-order valence-electron chi connectivity index (χ4n) is 4.15. The molecule has 33 heavy (non-hydrogen) atoms. The van der Waals surface area contributed by atoms with E-state index in [1.54, 1.807) is 10.7 Å². The fourth-order valence-corrected chi connectivity index (χ4v) is 4.15. The maximum Gasteiger partial charge on any atom is 0.255 e. The molecule has 0 bridgehead atoms. The van der Waals surface area contributed by atoms with Crippen molar-refractivity contribution in [3.63, 3.8) is 0 Å². The number of rotatable bonds is 6. The third-order valence-corrected chi connectivity index (χ3v) is 5.90. The normalized spacial score (nSPS) is 13.6. The summed E-state index contributed by atoms with van der Waals surface area (Å²) in [6, 6.07) is 10.2. The maximum atomic E-state index is 14.9. The molecule has 0 spiro atoms. The number of nitrogens with zero attached hydrogens (tertiary/aromatic N) is 3. The van der Waals surface area contributed by atoms with E-state index in [2.05, 4.69) is 16.5 Å². The topological polar surface area (TPSA) is 106 Å². The lowest BCUT2D eigenvalue weighted by molar-refractivity contribution is 0.0947. The molecule has 7 nitrogen and oxygen atoms in total. The van der Waals surface area contributed by atoms with Crippen molar-refractivity contribution < 1.29 is 18.3 Å². The zero-order chi connectivity index (χ0) is 23.5. The average molecular weight is 451 g/mol. The van der Waals surface area contributed by atoms with Gasteiger partial charge in [-0.3, -0.25) is 4.79 Å². The van der Waals surface area contributed by atoms with Gasteiger partial charge in [0.1, 0.15) is 40.5 Å². The zero-order valence-electron chi connectivity index (χ0n) is 18.1. The quantitative estimate of drug-likeness (QED) is 0.580. The highest BCUT2D eigenvalue weighted by atomic mass is 19.1. The molecule has 2 aromatic carbocycles. The first-order valence-electron chi connectivity index (χ1n) is 10.6. The number of methoxy groups -OCH3 is 1. The van der Waals surface area contributed by atoms with Crippen molar-refractivity contribution in [1.82, 2.24) is 15.1 Å². The number of nitriles is 1. The Kier molecular flexibility index (Phi) is 6.27. The third-order valence-electron chi connectivity index (χ3n) is 5.90. The second kappa shape index (κ2) is 9.28. The Morgan fingerprint density at radius 2 is 2.03 bits per heavy atom. The van der Waals surface area contributed by atoms with Gasteiger partial charge in [-0.2, -0.15) is 10.4 Å². The molecular weight excluding hydrogens is 428 g/mol. The highest BCUT2D eigenvalue weighted by molar-refractivity contribution is 5.96. The van der Waals surface area contributed by atoms with Crippen LogP contribution in [-0.2, 0) is 6.54 Å². The third kappa shape index (κ3) is 4.37. The molecule has 4 rings (SSSR count). The molecule has 1 aliphatic rings. The molecule has 1 heterocycles. The van der Waals surface area contributed by atoms with E-state index in [9.17, 15) is 18.8 Å². The molecule has 0 radical (unpaired) electrons. The van der Waals surface area contributed by atoms with Crippen LogP contribution in [0.5, 0.6) is 5.75 Å². The molecule has 3 aromatic rings. The zero-order valence-corrected chi connectivity index (χ0v) is 18.1. The average Bonchev–Trinajstić information content (AvgIpc) is 3.45. The molecule has 1 fully saturated rings. The van der Waals surface area contributed by atoms with Crippen LogP contribution in [0.2, 0.25) is 0 Å². The Morgan fingerprint density at radius 3 is 2.70 bits per heavy atom. The minimum absolute atomic E-state index is 0.0149. The lowest BCUT2D eigenvalue weighted by atomic mass is 10.1. The summed E-state index contributed by atoms with van der Waals surface area (Å²) in [6.07, 6.45) is 4.05. The summed E-state index contributed by atoms with van der Waals surface area (Å²) in [5.41, 5.74) is 7.39. The van der Waals surface area contributed by atoms with Gasteiger partial charge in [0.25, 0.3) is 5.91 Å². The summed E-state index contributed by atoms with van der Waals surface area (Å²) in [4.78, 5) is 12.5. The van der Waals surface area contributed by atoms with E-state index in [4.69, 9.17) is 10.5 Å². The van der Waals surface area contributed by atoms with E-state index < -0.39 is 17.5 Å². The highest BCUT2D eigenvalue weighted by Crippen LogP contribution is 2.35. The number of halogens is 2. The predicted molar refractivity (Wildman–Crippen MR) is 118 cm³/mol. The van der Waals surface area contributed by atoms with Crippen LogP contribution in [0.4, 0.5) is 14.6 Å². The Morgan fingerprint density at radius 1 is 1.27 bits per heavy atom. The summed E-state index contributed by atoms with van der Waals surface area (Å²) < 4.78 is 35.2. The molecule has 1 aliphatic carbocycles. The largest absolute Gasteiger partial charge is 0.496 e. The number of aromatic nitrogens is 2. The van der Waals surface area contributed by atoms with E-state index in [0.717, 1.165) is 31.7 Å². The Bertz CT molecular complexity index is 1240. The first-order valence-corrected chi connectivity index (χ1v) is 10.6. The Balaban J connectivity index is 1.55. The van der Waals surface area contributed by atoms with E-state index in [1.807, 2.05) is 0 Å². The van der Waals surface area contributed by atoms with Crippen LogP contribution in [0.25, 0.3) is 11.3 Å². The second-order valence-electron chi connectivity index (χ2n) is 7.94. The van der Waals surface area contributed by atoms with Gasteiger partial charge in [0.15, 0.2) is 0 Å². The van der Waals surface area contributed by atoms with Gasteiger partial charge in [-0.15, -0.1) is 0 Å². The monoisotopic (exact) mass is 451 g/mol. The number of nitrogen functional groups attached to an aromatic ring is 1. The van der Waals surface area contributed by atoms with Gasteiger partial charge in [0.05, 0.1) is 18.7 Å². The molecule has 1 aromatic heterocycles. The lowest BCUT2D eigenvalue weighted by Crippen LogP contribution is -2.24. The Labute approximate surface area is 189 Å². The van der Waals surface area contributed by atoms with Gasteiger partial charge in [-0.25, -0.2) is 13.5 Å². The molecule has 1 amide bonds. The molecule has 0 atom stereocenters. The van der Waals surface area contributed by atoms with Crippen molar-refractivity contribution in [2.24, 2.45) is 0 Å². The van der Waals surface area contributed by atoms with Crippen LogP contribution in [0.15, 0.2) is 36.4 Å². The summed E-state index contributed by atoms with van der Waals surface area (Å²) in [5.74, 6) is -1.24. The summed E-state index contributed by atoms with van der Waals surface area (Å²) >= 11 is 0. The number of benzene rings is 2. The molecule has 3 N–H and O–H groups in total. The Hall–Kier alpha value is -3.93. The number of anilines is 1. The standard InChI is InChI=1S/C24H23F2N5O2/c1-33-21-9-8-16(25)11-18(21)24(32)29-13-15-7-6-14(10-20(15)26)22-19(12-27)23(28)31(30-22)17-4-2-3-5-17/h6-11,17H,2-5,13,28H2,1H3,(H,29,32). The number of carbonyl (C=O) groups excluding carboxylic acids is 1. The lowest BCUT2D eigenvalue weighted by Gasteiger charge is -2.11. The first-order chi connectivity index (χ1) is 15.9. The van der Waals surface area contributed by atoms with Crippen molar-refractivity contribution in [2.75, 3.05) is 12.8 Å². The van der Waals surface area contributed by atoms with E-state index in [0.29, 0.717) is 17.1 Å². The maximum absolute atomic E-state index is 14.9. The summed E-state index contributed by atoms with van der Waals surface area (Å²) in [7, 11) is 1.37. The van der Waals surface area contributed by atoms with Crippen molar-refractivity contribution in [3.05, 3.63) is 64.7 Å². The number of carbonyl (C=O) groups is 1. The molecule has 1 saturated carbocycles. The van der Waals surface area contributed by atoms with Crippen LogP contribution < -0.4 is 15.8 Å². The number of ether oxygens (including phenoxy) is 1. The predicted octanol–water partition coefficient (Wildman–Crippen LogP) is 4.34. The van der Waals surface area contributed by atoms with Crippen LogP contribution in [0.3, 0.4) is 0 Å². The van der Waals surface area contributed by atoms with Crippen molar-refractivity contribution in [1.29, 1.82) is 5.26 Å². The molecule has 170 valence electrons. The van der Waals surface area contributed by atoms with E-state index >= 15 is 0 Å². The molecule has 0 aliphatic heterocycles. The van der Waals surface area contributed by atoms with Crippen molar-refractivity contribution in [3.8, 4) is 23.1 Å². The van der Waals surface area contributed by atoms with Gasteiger partial charge in [0, 0.05) is 17.7 Å². The molecular formula is C24H23F2N5O2. The van der Waals surface area contributed by atoms with Crippen LogP contribution in [0, 0.1) is 23.0 Å². The minimum atomic E-state index is -0.593. The van der Waals surface area contributed by atoms with Crippen LogP contribution in [0.1, 0.15) is 53.2 Å². The van der Waals surface area contributed by atoms with Gasteiger partial charge >= 0.3 is 0 Å². The number of nitrogens with two attached hydrogens (primary N) is 1. The number of hydrogen-bond donors (Lipinski definition) is 2. The number of hydrogen-bond acceptors (Lipinski definition) is 5. The summed E-state index contributed by atoms with van der Waals surface area (Å²) in [5, 5.41) is 16.7.